The van der Waals surface area contributed by atoms with Gasteiger partial charge in [-0.15, -0.1) is 11.3 Å². The lowest BCUT2D eigenvalue weighted by atomic mass is 10.0. The zero-order valence-electron chi connectivity index (χ0n) is 18.1. The molecule has 31 heavy (non-hydrogen) atoms. The molecule has 1 aromatic carbocycles. The zero-order chi connectivity index (χ0) is 21.4. The average molecular weight is 434 g/mol. The van der Waals surface area contributed by atoms with Gasteiger partial charge in [0.1, 0.15) is 11.0 Å². The second-order valence-electron chi connectivity index (χ2n) is 8.82. The molecule has 7 nitrogen and oxygen atoms in total. The minimum atomic E-state index is 0.234. The average Bonchev–Trinajstić information content (AvgIpc) is 3.46. The quantitative estimate of drug-likeness (QED) is 0.484. The summed E-state index contributed by atoms with van der Waals surface area (Å²) < 4.78 is 0. The van der Waals surface area contributed by atoms with Crippen molar-refractivity contribution in [3.8, 4) is 10.7 Å². The molecule has 0 radical (unpaired) electrons. The van der Waals surface area contributed by atoms with Crippen LogP contribution < -0.4 is 10.2 Å². The van der Waals surface area contributed by atoms with Crippen molar-refractivity contribution in [3.63, 3.8) is 0 Å². The van der Waals surface area contributed by atoms with Crippen molar-refractivity contribution in [1.82, 2.24) is 25.1 Å². The van der Waals surface area contributed by atoms with Crippen molar-refractivity contribution in [1.29, 1.82) is 0 Å². The van der Waals surface area contributed by atoms with E-state index in [1.807, 2.05) is 17.5 Å². The Morgan fingerprint density at radius 2 is 1.77 bits per heavy atom. The number of hydrogen-bond acceptors (Lipinski definition) is 7. The highest BCUT2D eigenvalue weighted by Gasteiger charge is 2.25. The Bertz CT molecular complexity index is 1150. The van der Waals surface area contributed by atoms with E-state index in [1.54, 1.807) is 17.5 Å². The third-order valence-corrected chi connectivity index (χ3v) is 6.63. The van der Waals surface area contributed by atoms with E-state index in [1.165, 1.54) is 5.69 Å². The lowest BCUT2D eigenvalue weighted by Crippen LogP contribution is -2.53. The zero-order valence-corrected chi connectivity index (χ0v) is 18.9. The van der Waals surface area contributed by atoms with Crippen LogP contribution in [0.2, 0.25) is 0 Å². The summed E-state index contributed by atoms with van der Waals surface area (Å²) in [6.45, 7) is 11.1. The molecule has 1 fully saturated rings. The molecule has 0 atom stereocenters. The predicted molar refractivity (Wildman–Crippen MR) is 128 cm³/mol. The van der Waals surface area contributed by atoms with Crippen molar-refractivity contribution < 1.29 is 0 Å². The lowest BCUT2D eigenvalue weighted by Gasteiger charge is -2.43. The monoisotopic (exact) mass is 433 g/mol. The summed E-state index contributed by atoms with van der Waals surface area (Å²) in [7, 11) is 0. The number of H-pyrrole nitrogens is 1. The van der Waals surface area contributed by atoms with Gasteiger partial charge in [-0.1, -0.05) is 6.07 Å². The Morgan fingerprint density at radius 1 is 1.00 bits per heavy atom. The molecule has 1 aliphatic heterocycles. The second-order valence-corrected chi connectivity index (χ2v) is 9.77. The van der Waals surface area contributed by atoms with Gasteiger partial charge in [0.15, 0.2) is 11.6 Å². The fourth-order valence-corrected chi connectivity index (χ4v) is 4.63. The third kappa shape index (κ3) is 4.13. The minimum Gasteiger partial charge on any atom is -0.369 e. The number of benzene rings is 1. The van der Waals surface area contributed by atoms with Crippen LogP contribution in [-0.2, 0) is 0 Å². The molecule has 1 saturated heterocycles. The van der Waals surface area contributed by atoms with Crippen LogP contribution in [0.1, 0.15) is 20.8 Å². The number of fused-ring (bicyclic) bond motifs is 1. The summed E-state index contributed by atoms with van der Waals surface area (Å²) in [6, 6.07) is 12.6. The molecule has 4 aromatic rings. The van der Waals surface area contributed by atoms with Gasteiger partial charge in [0.05, 0.1) is 11.1 Å². The Kier molecular flexibility index (Phi) is 5.11. The number of piperazine rings is 1. The smallest absolute Gasteiger partial charge is 0.172 e. The number of thiophene rings is 1. The highest BCUT2D eigenvalue weighted by molar-refractivity contribution is 7.13. The largest absolute Gasteiger partial charge is 0.369 e. The standard InChI is InChI=1S/C23H27N7S/c1-23(2,3)30-12-10-29(11-13-30)17-8-6-16(7-9-17)25-22-20-18(15-24-28-20)26-21(27-22)19-5-4-14-31-19/h4-9,14-15H,10-13H2,1-3H3,(H,24,28)(H,25,26,27). The Labute approximate surface area is 186 Å². The second kappa shape index (κ2) is 7.94. The van der Waals surface area contributed by atoms with Crippen LogP contribution in [0, 0.1) is 0 Å². The molecule has 5 rings (SSSR count). The molecule has 4 heterocycles. The minimum absolute atomic E-state index is 0.234. The maximum Gasteiger partial charge on any atom is 0.172 e. The molecule has 1 aliphatic rings. The first kappa shape index (κ1) is 20.0. The van der Waals surface area contributed by atoms with E-state index in [2.05, 4.69) is 75.3 Å². The van der Waals surface area contributed by atoms with Crippen molar-refractivity contribution in [2.75, 3.05) is 36.4 Å². The normalized spacial score (nSPS) is 15.5. The van der Waals surface area contributed by atoms with Crippen LogP contribution in [0.15, 0.2) is 48.0 Å². The fourth-order valence-electron chi connectivity index (χ4n) is 3.97. The number of anilines is 3. The first-order valence-corrected chi connectivity index (χ1v) is 11.5. The van der Waals surface area contributed by atoms with E-state index in [0.29, 0.717) is 5.82 Å². The van der Waals surface area contributed by atoms with E-state index in [4.69, 9.17) is 4.98 Å². The summed E-state index contributed by atoms with van der Waals surface area (Å²) in [5.41, 5.74) is 4.09. The van der Waals surface area contributed by atoms with Crippen LogP contribution in [0.4, 0.5) is 17.2 Å². The van der Waals surface area contributed by atoms with Crippen LogP contribution in [-0.4, -0.2) is 56.8 Å². The molecule has 0 bridgehead atoms. The summed E-state index contributed by atoms with van der Waals surface area (Å²) in [6.07, 6.45) is 1.74. The van der Waals surface area contributed by atoms with Gasteiger partial charge in [0, 0.05) is 43.1 Å². The van der Waals surface area contributed by atoms with E-state index in [-0.39, 0.29) is 5.54 Å². The van der Waals surface area contributed by atoms with Gasteiger partial charge in [-0.05, 0) is 56.5 Å². The molecule has 0 aliphatic carbocycles. The Hall–Kier alpha value is -2.97. The SMILES string of the molecule is CC(C)(C)N1CCN(c2ccc(Nc3nc(-c4cccs4)nc4cn[nH]c34)cc2)CC1. The molecule has 0 unspecified atom stereocenters. The molecule has 8 heteroatoms. The van der Waals surface area contributed by atoms with Gasteiger partial charge in [0.2, 0.25) is 0 Å². The number of aromatic nitrogens is 4. The van der Waals surface area contributed by atoms with Gasteiger partial charge in [-0.2, -0.15) is 5.10 Å². The number of nitrogens with one attached hydrogen (secondary N) is 2. The Morgan fingerprint density at radius 3 is 2.45 bits per heavy atom. The maximum atomic E-state index is 4.76. The molecule has 160 valence electrons. The van der Waals surface area contributed by atoms with Gasteiger partial charge in [0.25, 0.3) is 0 Å². The summed E-state index contributed by atoms with van der Waals surface area (Å²) in [5.74, 6) is 1.44. The Balaban J connectivity index is 1.34. The van der Waals surface area contributed by atoms with Crippen LogP contribution in [0.25, 0.3) is 21.7 Å². The van der Waals surface area contributed by atoms with Gasteiger partial charge >= 0.3 is 0 Å². The highest BCUT2D eigenvalue weighted by Crippen LogP contribution is 2.29. The maximum absolute atomic E-state index is 4.76. The van der Waals surface area contributed by atoms with E-state index in [0.717, 1.165) is 53.6 Å². The van der Waals surface area contributed by atoms with Crippen molar-refractivity contribution in [3.05, 3.63) is 48.0 Å². The number of rotatable bonds is 4. The van der Waals surface area contributed by atoms with E-state index < -0.39 is 0 Å². The molecule has 0 amide bonds. The summed E-state index contributed by atoms with van der Waals surface area (Å²) >= 11 is 1.63. The molecule has 0 spiro atoms. The fraction of sp³-hybridized carbons (Fsp3) is 0.348. The van der Waals surface area contributed by atoms with E-state index >= 15 is 0 Å². The van der Waals surface area contributed by atoms with Crippen molar-refractivity contribution in [2.24, 2.45) is 0 Å². The molecular weight excluding hydrogens is 406 g/mol. The predicted octanol–water partition coefficient (Wildman–Crippen LogP) is 4.75. The number of hydrogen-bond donors (Lipinski definition) is 2. The molecule has 3 aromatic heterocycles. The summed E-state index contributed by atoms with van der Waals surface area (Å²) in [4.78, 5) is 15.4. The van der Waals surface area contributed by atoms with Crippen LogP contribution in [0.5, 0.6) is 0 Å². The van der Waals surface area contributed by atoms with Gasteiger partial charge in [-0.3, -0.25) is 10.00 Å². The van der Waals surface area contributed by atoms with E-state index in [9.17, 15) is 0 Å². The van der Waals surface area contributed by atoms with Gasteiger partial charge in [-0.25, -0.2) is 9.97 Å². The van der Waals surface area contributed by atoms with Gasteiger partial charge < -0.3 is 10.2 Å². The number of nitrogens with zero attached hydrogens (tertiary/aromatic N) is 5. The molecule has 2 N–H and O–H groups in total. The topological polar surface area (TPSA) is 73.0 Å². The molecule has 0 saturated carbocycles. The number of aromatic amines is 1. The van der Waals surface area contributed by atoms with Crippen molar-refractivity contribution in [2.45, 2.75) is 26.3 Å². The first-order chi connectivity index (χ1) is 15.0. The highest BCUT2D eigenvalue weighted by atomic mass is 32.1. The van der Waals surface area contributed by atoms with Crippen LogP contribution in [0.3, 0.4) is 0 Å². The summed E-state index contributed by atoms with van der Waals surface area (Å²) in [5, 5.41) is 12.6. The lowest BCUT2D eigenvalue weighted by molar-refractivity contribution is 0.128. The molecular formula is C23H27N7S. The first-order valence-electron chi connectivity index (χ1n) is 10.6. The van der Waals surface area contributed by atoms with Crippen LogP contribution >= 0.6 is 11.3 Å². The third-order valence-electron chi connectivity index (χ3n) is 5.77. The van der Waals surface area contributed by atoms with Crippen molar-refractivity contribution >= 4 is 39.6 Å².